The molecule has 1 N–H and O–H groups in total. The SMILES string of the molecule is Cc1cccc(SCc2nc(CO)cs2)c1. The minimum Gasteiger partial charge on any atom is -0.390 e. The zero-order chi connectivity index (χ0) is 11.4. The maximum Gasteiger partial charge on any atom is 0.103 e. The maximum atomic E-state index is 8.91. The van der Waals surface area contributed by atoms with Crippen LogP contribution in [0, 0.1) is 6.92 Å². The summed E-state index contributed by atoms with van der Waals surface area (Å²) in [5.74, 6) is 0.869. The third kappa shape index (κ3) is 3.07. The van der Waals surface area contributed by atoms with Crippen LogP contribution in [0.3, 0.4) is 0 Å². The zero-order valence-corrected chi connectivity index (χ0v) is 10.6. The second-order valence-electron chi connectivity index (χ2n) is 3.50. The summed E-state index contributed by atoms with van der Waals surface area (Å²) in [7, 11) is 0. The lowest BCUT2D eigenvalue weighted by atomic mass is 10.2. The first-order chi connectivity index (χ1) is 7.78. The van der Waals surface area contributed by atoms with Crippen molar-refractivity contribution in [1.29, 1.82) is 0 Å². The van der Waals surface area contributed by atoms with Crippen LogP contribution in [0.2, 0.25) is 0 Å². The van der Waals surface area contributed by atoms with Gasteiger partial charge in [0.1, 0.15) is 5.01 Å². The fraction of sp³-hybridized carbons (Fsp3) is 0.250. The number of thiazole rings is 1. The van der Waals surface area contributed by atoms with E-state index in [0.29, 0.717) is 0 Å². The molecule has 0 spiro atoms. The summed E-state index contributed by atoms with van der Waals surface area (Å²) < 4.78 is 0. The molecule has 0 saturated heterocycles. The fourth-order valence-electron chi connectivity index (χ4n) is 1.34. The average Bonchev–Trinajstić information content (AvgIpc) is 2.74. The molecule has 84 valence electrons. The van der Waals surface area contributed by atoms with E-state index in [1.165, 1.54) is 10.5 Å². The molecule has 0 saturated carbocycles. The normalized spacial score (nSPS) is 10.6. The Balaban J connectivity index is 1.96. The van der Waals surface area contributed by atoms with E-state index in [0.717, 1.165) is 16.5 Å². The van der Waals surface area contributed by atoms with Crippen molar-refractivity contribution in [3.05, 3.63) is 45.9 Å². The molecule has 0 fully saturated rings. The largest absolute Gasteiger partial charge is 0.390 e. The number of rotatable bonds is 4. The van der Waals surface area contributed by atoms with Crippen molar-refractivity contribution < 1.29 is 5.11 Å². The van der Waals surface area contributed by atoms with Crippen molar-refractivity contribution in [1.82, 2.24) is 4.98 Å². The van der Waals surface area contributed by atoms with Gasteiger partial charge in [-0.25, -0.2) is 4.98 Å². The van der Waals surface area contributed by atoms with Crippen LogP contribution in [0.4, 0.5) is 0 Å². The second-order valence-corrected chi connectivity index (χ2v) is 5.49. The minimum atomic E-state index is 0.0333. The highest BCUT2D eigenvalue weighted by Crippen LogP contribution is 2.25. The lowest BCUT2D eigenvalue weighted by Gasteiger charge is -2.00. The number of benzene rings is 1. The molecule has 0 aliphatic heterocycles. The van der Waals surface area contributed by atoms with Gasteiger partial charge in [0, 0.05) is 10.3 Å². The first-order valence-corrected chi connectivity index (χ1v) is 6.88. The van der Waals surface area contributed by atoms with Gasteiger partial charge in [0.2, 0.25) is 0 Å². The van der Waals surface area contributed by atoms with Gasteiger partial charge in [-0.15, -0.1) is 23.1 Å². The molecule has 0 atom stereocenters. The molecule has 2 nitrogen and oxygen atoms in total. The van der Waals surface area contributed by atoms with Crippen LogP contribution >= 0.6 is 23.1 Å². The van der Waals surface area contributed by atoms with Gasteiger partial charge in [-0.05, 0) is 19.1 Å². The summed E-state index contributed by atoms with van der Waals surface area (Å²) >= 11 is 3.38. The van der Waals surface area contributed by atoms with Gasteiger partial charge in [0.15, 0.2) is 0 Å². The van der Waals surface area contributed by atoms with Gasteiger partial charge in [-0.3, -0.25) is 0 Å². The smallest absolute Gasteiger partial charge is 0.103 e. The molecule has 1 heterocycles. The molecule has 0 aliphatic rings. The van der Waals surface area contributed by atoms with Gasteiger partial charge >= 0.3 is 0 Å². The van der Waals surface area contributed by atoms with E-state index < -0.39 is 0 Å². The number of aryl methyl sites for hydroxylation is 1. The van der Waals surface area contributed by atoms with Gasteiger partial charge < -0.3 is 5.11 Å². The Bertz CT molecular complexity index is 468. The fourth-order valence-corrected chi connectivity index (χ4v) is 3.15. The predicted molar refractivity (Wildman–Crippen MR) is 68.8 cm³/mol. The summed E-state index contributed by atoms with van der Waals surface area (Å²) in [6, 6.07) is 8.44. The van der Waals surface area contributed by atoms with Crippen LogP contribution < -0.4 is 0 Å². The molecule has 0 bridgehead atoms. The van der Waals surface area contributed by atoms with E-state index in [9.17, 15) is 0 Å². The summed E-state index contributed by atoms with van der Waals surface area (Å²) in [6.07, 6.45) is 0. The van der Waals surface area contributed by atoms with E-state index >= 15 is 0 Å². The Morgan fingerprint density at radius 3 is 3.00 bits per heavy atom. The Morgan fingerprint density at radius 1 is 1.44 bits per heavy atom. The topological polar surface area (TPSA) is 33.1 Å². The van der Waals surface area contributed by atoms with Crippen LogP contribution in [-0.4, -0.2) is 10.1 Å². The van der Waals surface area contributed by atoms with E-state index in [2.05, 4.69) is 36.2 Å². The Kier molecular flexibility index (Phi) is 3.98. The number of aliphatic hydroxyl groups is 1. The summed E-state index contributed by atoms with van der Waals surface area (Å²) in [5.41, 5.74) is 2.05. The number of thioether (sulfide) groups is 1. The third-order valence-electron chi connectivity index (χ3n) is 2.11. The Labute approximate surface area is 103 Å². The highest BCUT2D eigenvalue weighted by Gasteiger charge is 2.02. The van der Waals surface area contributed by atoms with Gasteiger partial charge in [-0.1, -0.05) is 17.7 Å². The molecule has 1 aromatic carbocycles. The lowest BCUT2D eigenvalue weighted by Crippen LogP contribution is -1.84. The first-order valence-electron chi connectivity index (χ1n) is 5.01. The van der Waals surface area contributed by atoms with Crippen LogP contribution in [-0.2, 0) is 12.4 Å². The van der Waals surface area contributed by atoms with Crippen molar-refractivity contribution in [3.8, 4) is 0 Å². The quantitative estimate of drug-likeness (QED) is 0.847. The Morgan fingerprint density at radius 2 is 2.31 bits per heavy atom. The average molecular weight is 251 g/mol. The second kappa shape index (κ2) is 5.48. The van der Waals surface area contributed by atoms with Crippen LogP contribution in [0.1, 0.15) is 16.3 Å². The van der Waals surface area contributed by atoms with Gasteiger partial charge in [0.25, 0.3) is 0 Å². The molecule has 1 aromatic heterocycles. The summed E-state index contributed by atoms with van der Waals surface area (Å²) in [6.45, 7) is 2.13. The van der Waals surface area contributed by atoms with E-state index in [1.807, 2.05) is 5.38 Å². The van der Waals surface area contributed by atoms with Crippen molar-refractivity contribution in [3.63, 3.8) is 0 Å². The molecular weight excluding hydrogens is 238 g/mol. The highest BCUT2D eigenvalue weighted by molar-refractivity contribution is 7.98. The first kappa shape index (κ1) is 11.6. The molecule has 2 aromatic rings. The number of hydrogen-bond acceptors (Lipinski definition) is 4. The maximum absolute atomic E-state index is 8.91. The lowest BCUT2D eigenvalue weighted by molar-refractivity contribution is 0.277. The van der Waals surface area contributed by atoms with Crippen molar-refractivity contribution in [2.75, 3.05) is 0 Å². The third-order valence-corrected chi connectivity index (χ3v) is 4.20. The van der Waals surface area contributed by atoms with Crippen molar-refractivity contribution in [2.24, 2.45) is 0 Å². The van der Waals surface area contributed by atoms with Crippen LogP contribution in [0.25, 0.3) is 0 Å². The van der Waals surface area contributed by atoms with Crippen molar-refractivity contribution in [2.45, 2.75) is 24.2 Å². The molecule has 0 radical (unpaired) electrons. The number of aromatic nitrogens is 1. The van der Waals surface area contributed by atoms with Crippen molar-refractivity contribution >= 4 is 23.1 Å². The minimum absolute atomic E-state index is 0.0333. The van der Waals surface area contributed by atoms with Gasteiger partial charge in [-0.2, -0.15) is 0 Å². The van der Waals surface area contributed by atoms with E-state index in [1.54, 1.807) is 23.1 Å². The van der Waals surface area contributed by atoms with E-state index in [4.69, 9.17) is 5.11 Å². The molecule has 4 heteroatoms. The standard InChI is InChI=1S/C12H13NOS2/c1-9-3-2-4-11(5-9)15-8-12-13-10(6-14)7-16-12/h2-5,7,14H,6,8H2,1H3. The molecule has 2 rings (SSSR count). The highest BCUT2D eigenvalue weighted by atomic mass is 32.2. The number of aliphatic hydroxyl groups excluding tert-OH is 1. The molecular formula is C12H13NOS2. The molecule has 0 amide bonds. The molecule has 0 unspecified atom stereocenters. The monoisotopic (exact) mass is 251 g/mol. The summed E-state index contributed by atoms with van der Waals surface area (Å²) in [4.78, 5) is 5.58. The van der Waals surface area contributed by atoms with Crippen LogP contribution in [0.15, 0.2) is 34.5 Å². The zero-order valence-electron chi connectivity index (χ0n) is 9.01. The van der Waals surface area contributed by atoms with Crippen LogP contribution in [0.5, 0.6) is 0 Å². The van der Waals surface area contributed by atoms with E-state index in [-0.39, 0.29) is 6.61 Å². The Hall–Kier alpha value is -0.840. The number of hydrogen-bond donors (Lipinski definition) is 1. The van der Waals surface area contributed by atoms with Gasteiger partial charge in [0.05, 0.1) is 18.1 Å². The molecule has 16 heavy (non-hydrogen) atoms. The number of nitrogens with zero attached hydrogens (tertiary/aromatic N) is 1. The molecule has 0 aliphatic carbocycles. The summed E-state index contributed by atoms with van der Waals surface area (Å²) in [5, 5.41) is 11.9. The predicted octanol–water partition coefficient (Wildman–Crippen LogP) is 3.24.